The van der Waals surface area contributed by atoms with Gasteiger partial charge in [0.05, 0.1) is 18.9 Å². The number of likely N-dealkylation sites (N-methyl/N-ethyl adjacent to an activating group) is 1. The average Bonchev–Trinajstić information content (AvgIpc) is 3.53. The average molecular weight is 399 g/mol. The molecule has 2 saturated heterocycles. The number of ether oxygens (including phenoxy) is 1. The summed E-state index contributed by atoms with van der Waals surface area (Å²) in [5.41, 5.74) is 1.06. The minimum Gasteiger partial charge on any atom is -0.378 e. The van der Waals surface area contributed by atoms with Crippen LogP contribution in [0.25, 0.3) is 0 Å². The predicted octanol–water partition coefficient (Wildman–Crippen LogP) is 2.28. The number of morpholine rings is 1. The van der Waals surface area contributed by atoms with E-state index in [2.05, 4.69) is 38.0 Å². The van der Waals surface area contributed by atoms with Gasteiger partial charge in [0.25, 0.3) is 0 Å². The molecule has 2 aromatic rings. The first-order chi connectivity index (χ1) is 14.3. The molecule has 1 saturated carbocycles. The molecule has 0 aromatic carbocycles. The third-order valence-electron chi connectivity index (χ3n) is 6.25. The van der Waals surface area contributed by atoms with Crippen molar-refractivity contribution in [1.82, 2.24) is 20.0 Å². The molecule has 1 atom stereocenters. The molecule has 2 aliphatic heterocycles. The van der Waals surface area contributed by atoms with Gasteiger partial charge in [0, 0.05) is 57.4 Å². The van der Waals surface area contributed by atoms with Crippen molar-refractivity contribution in [3.8, 4) is 0 Å². The summed E-state index contributed by atoms with van der Waals surface area (Å²) in [6.45, 7) is 6.25. The molecule has 2 aromatic heterocycles. The van der Waals surface area contributed by atoms with Gasteiger partial charge in [-0.3, -0.25) is 4.90 Å². The molecule has 0 radical (unpaired) electrons. The molecule has 0 amide bonds. The molecule has 3 aliphatic rings. The van der Waals surface area contributed by atoms with Crippen LogP contribution in [0.5, 0.6) is 0 Å². The smallest absolute Gasteiger partial charge is 0.227 e. The van der Waals surface area contributed by atoms with Crippen molar-refractivity contribution in [3.05, 3.63) is 29.8 Å². The van der Waals surface area contributed by atoms with Crippen molar-refractivity contribution < 1.29 is 9.26 Å². The fourth-order valence-corrected chi connectivity index (χ4v) is 4.32. The molecule has 29 heavy (non-hydrogen) atoms. The Kier molecular flexibility index (Phi) is 5.37. The zero-order chi connectivity index (χ0) is 19.6. The molecule has 0 N–H and O–H groups in total. The van der Waals surface area contributed by atoms with Crippen LogP contribution >= 0.6 is 0 Å². The van der Waals surface area contributed by atoms with E-state index in [0.29, 0.717) is 12.0 Å². The summed E-state index contributed by atoms with van der Waals surface area (Å²) in [7, 11) is 2.12. The van der Waals surface area contributed by atoms with Crippen molar-refractivity contribution in [2.45, 2.75) is 44.2 Å². The van der Waals surface area contributed by atoms with Crippen molar-refractivity contribution in [3.63, 3.8) is 0 Å². The molecule has 8 nitrogen and oxygen atoms in total. The number of hydrogen-bond acceptors (Lipinski definition) is 8. The van der Waals surface area contributed by atoms with Crippen molar-refractivity contribution in [2.24, 2.45) is 0 Å². The molecule has 156 valence electrons. The normalized spacial score (nSPS) is 23.3. The lowest BCUT2D eigenvalue weighted by molar-refractivity contribution is 0.122. The monoisotopic (exact) mass is 398 g/mol. The van der Waals surface area contributed by atoms with Gasteiger partial charge in [-0.15, -0.1) is 0 Å². The van der Waals surface area contributed by atoms with Crippen LogP contribution in [-0.2, 0) is 11.3 Å². The van der Waals surface area contributed by atoms with Gasteiger partial charge >= 0.3 is 0 Å². The van der Waals surface area contributed by atoms with Crippen LogP contribution in [0.15, 0.2) is 22.9 Å². The van der Waals surface area contributed by atoms with Gasteiger partial charge < -0.3 is 19.1 Å². The Bertz CT molecular complexity index is 817. The van der Waals surface area contributed by atoms with Gasteiger partial charge in [-0.2, -0.15) is 4.98 Å². The maximum Gasteiger partial charge on any atom is 0.227 e. The first-order valence-electron chi connectivity index (χ1n) is 10.8. The second-order valence-electron chi connectivity index (χ2n) is 8.45. The summed E-state index contributed by atoms with van der Waals surface area (Å²) in [5.74, 6) is 3.48. The van der Waals surface area contributed by atoms with E-state index in [0.717, 1.165) is 75.6 Å². The Morgan fingerprint density at radius 1 is 1.17 bits per heavy atom. The van der Waals surface area contributed by atoms with Crippen molar-refractivity contribution in [2.75, 3.05) is 56.2 Å². The highest BCUT2D eigenvalue weighted by atomic mass is 16.5. The van der Waals surface area contributed by atoms with E-state index in [4.69, 9.17) is 14.2 Å². The van der Waals surface area contributed by atoms with Crippen LogP contribution in [0.1, 0.15) is 43.1 Å². The minimum atomic E-state index is 0.401. The molecular weight excluding hydrogens is 368 g/mol. The van der Waals surface area contributed by atoms with E-state index in [9.17, 15) is 0 Å². The van der Waals surface area contributed by atoms with Gasteiger partial charge in [0.1, 0.15) is 11.6 Å². The molecule has 8 heteroatoms. The number of piperidine rings is 1. The van der Waals surface area contributed by atoms with Crippen LogP contribution in [0.2, 0.25) is 0 Å². The highest BCUT2D eigenvalue weighted by molar-refractivity contribution is 5.44. The zero-order valence-corrected chi connectivity index (χ0v) is 17.2. The summed E-state index contributed by atoms with van der Waals surface area (Å²) in [6, 6.07) is 4.55. The van der Waals surface area contributed by atoms with E-state index in [1.807, 2.05) is 12.3 Å². The largest absolute Gasteiger partial charge is 0.378 e. The summed E-state index contributed by atoms with van der Waals surface area (Å²) >= 11 is 0. The van der Waals surface area contributed by atoms with Crippen LogP contribution in [-0.4, -0.2) is 72.5 Å². The molecule has 1 aliphatic carbocycles. The van der Waals surface area contributed by atoms with E-state index in [-0.39, 0.29) is 0 Å². The second-order valence-corrected chi connectivity index (χ2v) is 8.45. The molecule has 5 rings (SSSR count). The molecule has 4 heterocycles. The number of nitrogens with zero attached hydrogens (tertiary/aromatic N) is 6. The predicted molar refractivity (Wildman–Crippen MR) is 110 cm³/mol. The Balaban J connectivity index is 1.22. The van der Waals surface area contributed by atoms with Crippen LogP contribution < -0.4 is 9.80 Å². The lowest BCUT2D eigenvalue weighted by Crippen LogP contribution is -2.47. The number of hydrogen-bond donors (Lipinski definition) is 0. The van der Waals surface area contributed by atoms with Crippen LogP contribution in [0.4, 0.5) is 11.8 Å². The number of rotatable bonds is 6. The number of likely N-dealkylation sites (tertiary alicyclic amines) is 1. The van der Waals surface area contributed by atoms with Crippen molar-refractivity contribution >= 4 is 11.8 Å². The maximum atomic E-state index is 5.52. The van der Waals surface area contributed by atoms with Gasteiger partial charge in [0.2, 0.25) is 5.95 Å². The maximum absolute atomic E-state index is 5.52. The third kappa shape index (κ3) is 4.38. The Hall–Kier alpha value is -2.19. The molecule has 1 unspecified atom stereocenters. The van der Waals surface area contributed by atoms with Gasteiger partial charge in [-0.25, -0.2) is 4.98 Å². The Labute approximate surface area is 171 Å². The number of aromatic nitrogens is 3. The molecular formula is C21H30N6O2. The highest BCUT2D eigenvalue weighted by Crippen LogP contribution is 2.40. The molecule has 3 fully saturated rings. The first kappa shape index (κ1) is 18.8. The zero-order valence-electron chi connectivity index (χ0n) is 17.2. The highest BCUT2D eigenvalue weighted by Gasteiger charge is 2.29. The minimum absolute atomic E-state index is 0.401. The summed E-state index contributed by atoms with van der Waals surface area (Å²) in [5, 5.41) is 4.29. The van der Waals surface area contributed by atoms with Crippen molar-refractivity contribution in [1.29, 1.82) is 0 Å². The van der Waals surface area contributed by atoms with E-state index >= 15 is 0 Å². The first-order valence-corrected chi connectivity index (χ1v) is 10.8. The number of anilines is 2. The summed E-state index contributed by atoms with van der Waals surface area (Å²) in [4.78, 5) is 16.4. The van der Waals surface area contributed by atoms with Gasteiger partial charge in [-0.05, 0) is 38.3 Å². The fourth-order valence-electron chi connectivity index (χ4n) is 4.32. The lowest BCUT2D eigenvalue weighted by Gasteiger charge is -2.37. The summed E-state index contributed by atoms with van der Waals surface area (Å²) < 4.78 is 11.0. The molecule has 0 bridgehead atoms. The Morgan fingerprint density at radius 2 is 2.03 bits per heavy atom. The van der Waals surface area contributed by atoms with Gasteiger partial charge in [-0.1, -0.05) is 5.16 Å². The Morgan fingerprint density at radius 3 is 2.86 bits per heavy atom. The van der Waals surface area contributed by atoms with Gasteiger partial charge in [0.15, 0.2) is 0 Å². The molecule has 0 spiro atoms. The summed E-state index contributed by atoms with van der Waals surface area (Å²) in [6.07, 6.45) is 6.69. The standard InChI is InChI=1S/C21H30N6O2/c1-25(21-22-7-6-20(23-21)27-9-11-28-12-10-27)18-3-2-8-26(15-18)14-17-13-19(29-24-17)16-4-5-16/h6-7,13,16,18H,2-5,8-12,14-15H2,1H3. The fraction of sp³-hybridized carbons (Fsp3) is 0.667. The van der Waals surface area contributed by atoms with E-state index in [1.165, 1.54) is 19.3 Å². The topological polar surface area (TPSA) is 70.8 Å². The van der Waals surface area contributed by atoms with E-state index < -0.39 is 0 Å². The third-order valence-corrected chi connectivity index (χ3v) is 6.25. The quantitative estimate of drug-likeness (QED) is 0.734. The lowest BCUT2D eigenvalue weighted by atomic mass is 10.0. The second kappa shape index (κ2) is 8.28. The van der Waals surface area contributed by atoms with E-state index in [1.54, 1.807) is 0 Å². The SMILES string of the molecule is CN(c1nccc(N2CCOCC2)n1)C1CCCN(Cc2cc(C3CC3)on2)C1. The van der Waals surface area contributed by atoms with Crippen LogP contribution in [0, 0.1) is 0 Å². The van der Waals surface area contributed by atoms with Crippen LogP contribution in [0.3, 0.4) is 0 Å².